The average Bonchev–Trinajstić information content (AvgIpc) is 2.66. The highest BCUT2D eigenvalue weighted by Crippen LogP contribution is 2.28. The average molecular weight is 215 g/mol. The summed E-state index contributed by atoms with van der Waals surface area (Å²) in [5.41, 5.74) is 0.00118. The SMILES string of the molecule is CC(C)COCCNC1(CO)CCCC1. The van der Waals surface area contributed by atoms with Gasteiger partial charge in [0.25, 0.3) is 0 Å². The van der Waals surface area contributed by atoms with E-state index in [0.29, 0.717) is 5.92 Å². The van der Waals surface area contributed by atoms with Gasteiger partial charge in [0, 0.05) is 18.7 Å². The van der Waals surface area contributed by atoms with Crippen molar-refractivity contribution in [2.24, 2.45) is 5.92 Å². The van der Waals surface area contributed by atoms with Gasteiger partial charge in [-0.1, -0.05) is 26.7 Å². The van der Waals surface area contributed by atoms with Gasteiger partial charge in [-0.05, 0) is 18.8 Å². The van der Waals surface area contributed by atoms with Crippen LogP contribution in [0.25, 0.3) is 0 Å². The van der Waals surface area contributed by atoms with Gasteiger partial charge in [-0.2, -0.15) is 0 Å². The van der Waals surface area contributed by atoms with Crippen LogP contribution in [-0.2, 0) is 4.74 Å². The Morgan fingerprint density at radius 2 is 2.00 bits per heavy atom. The van der Waals surface area contributed by atoms with Crippen LogP contribution < -0.4 is 5.32 Å². The molecule has 0 bridgehead atoms. The van der Waals surface area contributed by atoms with Gasteiger partial charge in [0.15, 0.2) is 0 Å². The maximum atomic E-state index is 9.36. The molecule has 3 nitrogen and oxygen atoms in total. The predicted molar refractivity (Wildman–Crippen MR) is 61.9 cm³/mol. The molecule has 0 saturated heterocycles. The number of nitrogens with one attached hydrogen (secondary N) is 1. The van der Waals surface area contributed by atoms with Crippen molar-refractivity contribution in [3.8, 4) is 0 Å². The van der Waals surface area contributed by atoms with Crippen LogP contribution in [0.3, 0.4) is 0 Å². The third-order valence-corrected chi connectivity index (χ3v) is 3.06. The maximum absolute atomic E-state index is 9.36. The predicted octanol–water partition coefficient (Wildman–Crippen LogP) is 1.55. The van der Waals surface area contributed by atoms with E-state index in [4.69, 9.17) is 4.74 Å². The molecule has 1 rings (SSSR count). The Morgan fingerprint density at radius 1 is 1.33 bits per heavy atom. The highest BCUT2D eigenvalue weighted by molar-refractivity contribution is 4.91. The summed E-state index contributed by atoms with van der Waals surface area (Å²) in [6.45, 7) is 7.00. The first-order valence-corrected chi connectivity index (χ1v) is 6.12. The standard InChI is InChI=1S/C12H25NO2/c1-11(2)9-15-8-7-13-12(10-14)5-3-4-6-12/h11,13-14H,3-10H2,1-2H3. The minimum Gasteiger partial charge on any atom is -0.394 e. The zero-order chi connectivity index (χ0) is 11.1. The first-order valence-electron chi connectivity index (χ1n) is 6.12. The van der Waals surface area contributed by atoms with Gasteiger partial charge in [-0.3, -0.25) is 0 Å². The smallest absolute Gasteiger partial charge is 0.0613 e. The lowest BCUT2D eigenvalue weighted by Gasteiger charge is -2.28. The normalized spacial score (nSPS) is 20.0. The Bertz CT molecular complexity index is 165. The number of aliphatic hydroxyl groups excluding tert-OH is 1. The summed E-state index contributed by atoms with van der Waals surface area (Å²) in [7, 11) is 0. The Morgan fingerprint density at radius 3 is 2.53 bits per heavy atom. The van der Waals surface area contributed by atoms with Crippen molar-refractivity contribution in [2.45, 2.75) is 45.1 Å². The summed E-state index contributed by atoms with van der Waals surface area (Å²) in [5.74, 6) is 0.600. The quantitative estimate of drug-likeness (QED) is 0.633. The second-order valence-corrected chi connectivity index (χ2v) is 5.04. The highest BCUT2D eigenvalue weighted by atomic mass is 16.5. The van der Waals surface area contributed by atoms with E-state index in [1.165, 1.54) is 12.8 Å². The van der Waals surface area contributed by atoms with Crippen LogP contribution in [0.2, 0.25) is 0 Å². The summed E-state index contributed by atoms with van der Waals surface area (Å²) < 4.78 is 5.50. The minimum absolute atomic E-state index is 0.00118. The van der Waals surface area contributed by atoms with Crippen molar-refractivity contribution in [2.75, 3.05) is 26.4 Å². The molecule has 0 unspecified atom stereocenters. The van der Waals surface area contributed by atoms with E-state index < -0.39 is 0 Å². The lowest BCUT2D eigenvalue weighted by Crippen LogP contribution is -2.47. The van der Waals surface area contributed by atoms with E-state index in [-0.39, 0.29) is 12.1 Å². The molecule has 0 atom stereocenters. The van der Waals surface area contributed by atoms with Crippen LogP contribution in [0.15, 0.2) is 0 Å². The van der Waals surface area contributed by atoms with Crippen LogP contribution >= 0.6 is 0 Å². The molecule has 0 heterocycles. The molecule has 1 saturated carbocycles. The molecule has 1 fully saturated rings. The Hall–Kier alpha value is -0.120. The van der Waals surface area contributed by atoms with E-state index in [1.54, 1.807) is 0 Å². The van der Waals surface area contributed by atoms with Crippen molar-refractivity contribution in [3.05, 3.63) is 0 Å². The number of rotatable bonds is 7. The first kappa shape index (κ1) is 12.9. The van der Waals surface area contributed by atoms with Gasteiger partial charge in [0.2, 0.25) is 0 Å². The van der Waals surface area contributed by atoms with E-state index in [2.05, 4.69) is 19.2 Å². The van der Waals surface area contributed by atoms with Gasteiger partial charge in [-0.25, -0.2) is 0 Å². The summed E-state index contributed by atoms with van der Waals surface area (Å²) >= 11 is 0. The molecular weight excluding hydrogens is 190 g/mol. The number of aliphatic hydroxyl groups is 1. The third-order valence-electron chi connectivity index (χ3n) is 3.06. The Balaban J connectivity index is 2.07. The fourth-order valence-corrected chi connectivity index (χ4v) is 2.15. The molecular formula is C12H25NO2. The van der Waals surface area contributed by atoms with E-state index in [1.807, 2.05) is 0 Å². The summed E-state index contributed by atoms with van der Waals surface area (Å²) in [6, 6.07) is 0. The maximum Gasteiger partial charge on any atom is 0.0613 e. The van der Waals surface area contributed by atoms with Gasteiger partial charge in [0.05, 0.1) is 13.2 Å². The van der Waals surface area contributed by atoms with Crippen LogP contribution in [0, 0.1) is 5.92 Å². The fraction of sp³-hybridized carbons (Fsp3) is 1.00. The largest absolute Gasteiger partial charge is 0.394 e. The number of hydrogen-bond acceptors (Lipinski definition) is 3. The van der Waals surface area contributed by atoms with Crippen LogP contribution in [0.4, 0.5) is 0 Å². The van der Waals surface area contributed by atoms with Gasteiger partial charge in [-0.15, -0.1) is 0 Å². The van der Waals surface area contributed by atoms with E-state index >= 15 is 0 Å². The lowest BCUT2D eigenvalue weighted by molar-refractivity contribution is 0.0959. The zero-order valence-corrected chi connectivity index (χ0v) is 10.1. The monoisotopic (exact) mass is 215 g/mol. The molecule has 2 N–H and O–H groups in total. The molecule has 1 aliphatic rings. The third kappa shape index (κ3) is 4.49. The molecule has 0 spiro atoms. The molecule has 0 aromatic carbocycles. The topological polar surface area (TPSA) is 41.5 Å². The highest BCUT2D eigenvalue weighted by Gasteiger charge is 2.31. The van der Waals surface area contributed by atoms with Gasteiger partial charge in [0.1, 0.15) is 0 Å². The van der Waals surface area contributed by atoms with Crippen LogP contribution in [0.5, 0.6) is 0 Å². The lowest BCUT2D eigenvalue weighted by atomic mass is 9.99. The second kappa shape index (κ2) is 6.46. The molecule has 1 aliphatic carbocycles. The van der Waals surface area contributed by atoms with Crippen molar-refractivity contribution in [1.82, 2.24) is 5.32 Å². The summed E-state index contributed by atoms with van der Waals surface area (Å²) in [6.07, 6.45) is 4.68. The number of hydrogen-bond donors (Lipinski definition) is 2. The zero-order valence-electron chi connectivity index (χ0n) is 10.1. The molecule has 0 aromatic heterocycles. The van der Waals surface area contributed by atoms with Gasteiger partial charge >= 0.3 is 0 Å². The van der Waals surface area contributed by atoms with Crippen molar-refractivity contribution >= 4 is 0 Å². The molecule has 90 valence electrons. The molecule has 0 aromatic rings. The van der Waals surface area contributed by atoms with Gasteiger partial charge < -0.3 is 15.2 Å². The molecule has 15 heavy (non-hydrogen) atoms. The Kier molecular flexibility index (Phi) is 5.58. The van der Waals surface area contributed by atoms with Crippen molar-refractivity contribution in [3.63, 3.8) is 0 Å². The van der Waals surface area contributed by atoms with Crippen molar-refractivity contribution < 1.29 is 9.84 Å². The molecule has 0 amide bonds. The summed E-state index contributed by atoms with van der Waals surface area (Å²) in [5, 5.41) is 12.8. The molecule has 0 radical (unpaired) electrons. The molecule has 3 heteroatoms. The second-order valence-electron chi connectivity index (χ2n) is 5.04. The van der Waals surface area contributed by atoms with E-state index in [9.17, 15) is 5.11 Å². The minimum atomic E-state index is 0.00118. The number of ether oxygens (including phenoxy) is 1. The van der Waals surface area contributed by atoms with Crippen LogP contribution in [0.1, 0.15) is 39.5 Å². The fourth-order valence-electron chi connectivity index (χ4n) is 2.15. The van der Waals surface area contributed by atoms with E-state index in [0.717, 1.165) is 32.6 Å². The Labute approximate surface area is 93.2 Å². The van der Waals surface area contributed by atoms with Crippen LogP contribution in [-0.4, -0.2) is 37.0 Å². The summed E-state index contributed by atoms with van der Waals surface area (Å²) in [4.78, 5) is 0. The van der Waals surface area contributed by atoms with Crippen molar-refractivity contribution in [1.29, 1.82) is 0 Å². The first-order chi connectivity index (χ1) is 7.18. The molecule has 0 aliphatic heterocycles.